The summed E-state index contributed by atoms with van der Waals surface area (Å²) >= 11 is 0. The molecule has 0 radical (unpaired) electrons. The topological polar surface area (TPSA) is 18.5 Å². The van der Waals surface area contributed by atoms with Gasteiger partial charge in [0.1, 0.15) is 11.5 Å². The van der Waals surface area contributed by atoms with Crippen molar-refractivity contribution < 1.29 is 9.47 Å². The Balaban J connectivity index is -0.0000000329. The van der Waals surface area contributed by atoms with Gasteiger partial charge in [-0.1, -0.05) is 102 Å². The summed E-state index contributed by atoms with van der Waals surface area (Å²) in [7, 11) is 0. The highest BCUT2D eigenvalue weighted by atomic mass is 16.5. The first-order valence-corrected chi connectivity index (χ1v) is 7.22. The molecule has 0 saturated carbocycles. The molecule has 2 nitrogen and oxygen atoms in total. The van der Waals surface area contributed by atoms with E-state index in [1.54, 1.807) is 0 Å². The molecule has 0 amide bonds. The molecule has 0 aliphatic rings. The predicted octanol–water partition coefficient (Wildman–Crippen LogP) is 9.65. The Morgan fingerprint density at radius 1 is 0.481 bits per heavy atom. The molecular formula is C25H54O2. The molecule has 0 unspecified atom stereocenters. The molecule has 0 atom stereocenters. The number of hydrogen-bond donors (Lipinski definition) is 0. The van der Waals surface area contributed by atoms with Gasteiger partial charge in [0.2, 0.25) is 0 Å². The predicted molar refractivity (Wildman–Crippen MR) is 134 cm³/mol. The third-order valence-electron chi connectivity index (χ3n) is 2.11. The van der Waals surface area contributed by atoms with Gasteiger partial charge in [0.05, 0.1) is 13.2 Å². The summed E-state index contributed by atoms with van der Waals surface area (Å²) in [4.78, 5) is 0. The fourth-order valence-corrected chi connectivity index (χ4v) is 1.37. The molecule has 0 bridgehead atoms. The van der Waals surface area contributed by atoms with Gasteiger partial charge in [0, 0.05) is 0 Å². The number of benzene rings is 2. The van der Waals surface area contributed by atoms with Crippen LogP contribution in [0.5, 0.6) is 11.5 Å². The van der Waals surface area contributed by atoms with Crippen molar-refractivity contribution in [3.63, 3.8) is 0 Å². The van der Waals surface area contributed by atoms with Crippen LogP contribution in [-0.2, 0) is 0 Å². The average molecular weight is 387 g/mol. The summed E-state index contributed by atoms with van der Waals surface area (Å²) in [6.07, 6.45) is 0. The number of ether oxygens (including phenoxy) is 2. The normalized spacial score (nSPS) is 6.22. The van der Waals surface area contributed by atoms with Gasteiger partial charge in [-0.25, -0.2) is 0 Å². The maximum atomic E-state index is 5.21. The fraction of sp³-hybridized carbons (Fsp3) is 0.520. The van der Waals surface area contributed by atoms with Crippen molar-refractivity contribution in [2.45, 2.75) is 79.7 Å². The minimum Gasteiger partial charge on any atom is -0.494 e. The fourth-order valence-electron chi connectivity index (χ4n) is 1.37. The number of hydrogen-bond acceptors (Lipinski definition) is 2. The standard InChI is InChI=1S/2C8H10O.C2H6.7CH4/c2*1-2-9-8-6-4-3-5-7-8;1-2;;;;;;;/h2*3-7H,2H2,1H3;1-2H3;7*1H4. The van der Waals surface area contributed by atoms with Crippen molar-refractivity contribution >= 4 is 0 Å². The van der Waals surface area contributed by atoms with Crippen LogP contribution in [0.3, 0.4) is 0 Å². The van der Waals surface area contributed by atoms with Gasteiger partial charge in [-0.3, -0.25) is 0 Å². The molecule has 2 heteroatoms. The average Bonchev–Trinajstić information content (AvgIpc) is 2.53. The van der Waals surface area contributed by atoms with E-state index < -0.39 is 0 Å². The molecule has 2 aromatic rings. The van der Waals surface area contributed by atoms with E-state index in [9.17, 15) is 0 Å². The maximum absolute atomic E-state index is 5.21. The highest BCUT2D eigenvalue weighted by Crippen LogP contribution is 2.07. The molecule has 27 heavy (non-hydrogen) atoms. The van der Waals surface area contributed by atoms with E-state index in [1.807, 2.05) is 88.4 Å². The van der Waals surface area contributed by atoms with E-state index in [1.165, 1.54) is 0 Å². The van der Waals surface area contributed by atoms with Crippen molar-refractivity contribution in [1.82, 2.24) is 0 Å². The summed E-state index contributed by atoms with van der Waals surface area (Å²) in [6.45, 7) is 9.44. The molecule has 0 fully saturated rings. The molecule has 166 valence electrons. The summed E-state index contributed by atoms with van der Waals surface area (Å²) in [5, 5.41) is 0. The van der Waals surface area contributed by atoms with Gasteiger partial charge in [0.15, 0.2) is 0 Å². The van der Waals surface area contributed by atoms with Crippen LogP contribution in [0, 0.1) is 0 Å². The zero-order valence-corrected chi connectivity index (χ0v) is 13.0. The summed E-state index contributed by atoms with van der Waals surface area (Å²) in [5.41, 5.74) is 0. The zero-order chi connectivity index (χ0) is 15.1. The molecule has 0 N–H and O–H groups in total. The Kier molecular flexibility index (Phi) is 72.4. The lowest BCUT2D eigenvalue weighted by atomic mass is 10.3. The summed E-state index contributed by atoms with van der Waals surface area (Å²) in [5.74, 6) is 1.89. The van der Waals surface area contributed by atoms with Gasteiger partial charge in [-0.2, -0.15) is 0 Å². The second-order valence-corrected chi connectivity index (χ2v) is 3.49. The van der Waals surface area contributed by atoms with Crippen molar-refractivity contribution in [1.29, 1.82) is 0 Å². The van der Waals surface area contributed by atoms with Gasteiger partial charge < -0.3 is 9.47 Å². The second-order valence-electron chi connectivity index (χ2n) is 3.49. The molecule has 0 spiro atoms. The Morgan fingerprint density at radius 2 is 0.704 bits per heavy atom. The molecular weight excluding hydrogens is 332 g/mol. The molecule has 0 saturated heterocycles. The molecule has 0 aromatic heterocycles. The first-order chi connectivity index (χ1) is 9.86. The Morgan fingerprint density at radius 3 is 0.889 bits per heavy atom. The van der Waals surface area contributed by atoms with Crippen LogP contribution in [0.25, 0.3) is 0 Å². The highest BCUT2D eigenvalue weighted by molar-refractivity contribution is 5.21. The van der Waals surface area contributed by atoms with Crippen LogP contribution < -0.4 is 9.47 Å². The van der Waals surface area contributed by atoms with Crippen molar-refractivity contribution in [2.75, 3.05) is 13.2 Å². The van der Waals surface area contributed by atoms with Gasteiger partial charge in [-0.05, 0) is 38.1 Å². The van der Waals surface area contributed by atoms with Crippen molar-refractivity contribution in [3.8, 4) is 11.5 Å². The minimum absolute atomic E-state index is 0. The SMILES string of the molecule is C.C.C.C.C.C.C.CC.CCOc1ccccc1.CCOc1ccccc1. The van der Waals surface area contributed by atoms with Crippen LogP contribution in [-0.4, -0.2) is 13.2 Å². The number of para-hydroxylation sites is 2. The summed E-state index contributed by atoms with van der Waals surface area (Å²) < 4.78 is 10.4. The maximum Gasteiger partial charge on any atom is 0.119 e. The minimum atomic E-state index is 0. The van der Waals surface area contributed by atoms with Crippen LogP contribution in [0.15, 0.2) is 60.7 Å². The van der Waals surface area contributed by atoms with E-state index in [0.717, 1.165) is 24.7 Å². The number of rotatable bonds is 4. The third kappa shape index (κ3) is 29.1. The van der Waals surface area contributed by atoms with E-state index >= 15 is 0 Å². The van der Waals surface area contributed by atoms with Gasteiger partial charge >= 0.3 is 0 Å². The lowest BCUT2D eigenvalue weighted by Crippen LogP contribution is -1.89. The Bertz CT molecular complexity index is 358. The van der Waals surface area contributed by atoms with Gasteiger partial charge in [0.25, 0.3) is 0 Å². The van der Waals surface area contributed by atoms with E-state index in [-0.39, 0.29) is 52.0 Å². The van der Waals surface area contributed by atoms with Crippen LogP contribution in [0.1, 0.15) is 79.7 Å². The molecule has 2 aromatic carbocycles. The van der Waals surface area contributed by atoms with Gasteiger partial charge in [-0.15, -0.1) is 0 Å². The van der Waals surface area contributed by atoms with Crippen LogP contribution >= 0.6 is 0 Å². The molecule has 0 aliphatic heterocycles. The molecule has 0 heterocycles. The van der Waals surface area contributed by atoms with E-state index in [4.69, 9.17) is 9.47 Å². The largest absolute Gasteiger partial charge is 0.494 e. The first kappa shape index (κ1) is 49.8. The van der Waals surface area contributed by atoms with Crippen molar-refractivity contribution in [2.24, 2.45) is 0 Å². The van der Waals surface area contributed by atoms with Crippen LogP contribution in [0.2, 0.25) is 0 Å². The Hall–Kier alpha value is -1.96. The summed E-state index contributed by atoms with van der Waals surface area (Å²) in [6, 6.07) is 19.6. The first-order valence-electron chi connectivity index (χ1n) is 7.22. The third-order valence-corrected chi connectivity index (χ3v) is 2.11. The smallest absolute Gasteiger partial charge is 0.119 e. The quantitative estimate of drug-likeness (QED) is 0.520. The lowest BCUT2D eigenvalue weighted by molar-refractivity contribution is 0.340. The van der Waals surface area contributed by atoms with Crippen LogP contribution in [0.4, 0.5) is 0 Å². The Labute approximate surface area is 175 Å². The molecule has 0 aliphatic carbocycles. The second kappa shape index (κ2) is 39.2. The monoisotopic (exact) mass is 386 g/mol. The lowest BCUT2D eigenvalue weighted by Gasteiger charge is -1.99. The molecule has 2 rings (SSSR count). The highest BCUT2D eigenvalue weighted by Gasteiger charge is 1.84. The van der Waals surface area contributed by atoms with Crippen molar-refractivity contribution in [3.05, 3.63) is 60.7 Å². The van der Waals surface area contributed by atoms with E-state index in [2.05, 4.69) is 0 Å². The van der Waals surface area contributed by atoms with E-state index in [0.29, 0.717) is 0 Å². The zero-order valence-electron chi connectivity index (χ0n) is 13.0.